The van der Waals surface area contributed by atoms with Crippen LogP contribution in [0, 0.1) is 0 Å². The Balaban J connectivity index is 2.54. The van der Waals surface area contributed by atoms with Crippen LogP contribution in [0.1, 0.15) is 19.4 Å². The van der Waals surface area contributed by atoms with Crippen molar-refractivity contribution in [1.29, 1.82) is 0 Å². The minimum absolute atomic E-state index is 0.0859. The van der Waals surface area contributed by atoms with Crippen LogP contribution in [0.15, 0.2) is 30.3 Å². The van der Waals surface area contributed by atoms with Crippen molar-refractivity contribution in [1.82, 2.24) is 0 Å². The van der Waals surface area contributed by atoms with E-state index >= 15 is 0 Å². The second-order valence-corrected chi connectivity index (χ2v) is 3.89. The number of carbonyl (C=O) groups is 1. The lowest BCUT2D eigenvalue weighted by atomic mass is 10.0. The minimum Gasteiger partial charge on any atom is -0.459 e. The Morgan fingerprint density at radius 3 is 2.50 bits per heavy atom. The van der Waals surface area contributed by atoms with Gasteiger partial charge in [0.25, 0.3) is 0 Å². The zero-order valence-electron chi connectivity index (χ0n) is 9.38. The van der Waals surface area contributed by atoms with E-state index in [1.807, 2.05) is 30.3 Å². The molecule has 0 spiro atoms. The molecule has 0 radical (unpaired) electrons. The number of rotatable bonds is 4. The number of ether oxygens (including phenoxy) is 1. The summed E-state index contributed by atoms with van der Waals surface area (Å²) in [6.45, 7) is 2.65. The molecular weight excluding hydrogens is 208 g/mol. The fraction of sp³-hybridized carbons (Fsp3) is 0.417. The lowest BCUT2D eigenvalue weighted by molar-refractivity contribution is -0.175. The molecule has 0 amide bonds. The van der Waals surface area contributed by atoms with Crippen molar-refractivity contribution in [2.45, 2.75) is 32.2 Å². The van der Waals surface area contributed by atoms with Gasteiger partial charge in [0.15, 0.2) is 5.60 Å². The molecule has 0 unspecified atom stereocenters. The lowest BCUT2D eigenvalue weighted by Crippen LogP contribution is -2.46. The van der Waals surface area contributed by atoms with E-state index in [0.717, 1.165) is 5.56 Å². The van der Waals surface area contributed by atoms with Crippen molar-refractivity contribution in [2.24, 2.45) is 0 Å². The van der Waals surface area contributed by atoms with Crippen LogP contribution in [0.4, 0.5) is 0 Å². The molecule has 1 aromatic rings. The molecule has 16 heavy (non-hydrogen) atoms. The molecule has 0 aliphatic carbocycles. The van der Waals surface area contributed by atoms with Crippen LogP contribution in [0.2, 0.25) is 0 Å². The van der Waals surface area contributed by atoms with Crippen LogP contribution in [-0.2, 0) is 16.1 Å². The molecular formula is C12H16O4. The Bertz CT molecular complexity index is 343. The van der Waals surface area contributed by atoms with E-state index in [4.69, 9.17) is 4.74 Å². The topological polar surface area (TPSA) is 66.8 Å². The molecule has 2 N–H and O–H groups in total. The van der Waals surface area contributed by atoms with E-state index in [-0.39, 0.29) is 6.61 Å². The second kappa shape index (κ2) is 5.09. The number of hydrogen-bond donors (Lipinski definition) is 2. The van der Waals surface area contributed by atoms with E-state index in [1.54, 1.807) is 0 Å². The Kier molecular flexibility index (Phi) is 4.04. The highest BCUT2D eigenvalue weighted by Crippen LogP contribution is 2.13. The first-order valence-electron chi connectivity index (χ1n) is 5.06. The summed E-state index contributed by atoms with van der Waals surface area (Å²) in [5.74, 6) is -0.827. The van der Waals surface area contributed by atoms with Crippen molar-refractivity contribution in [3.63, 3.8) is 0 Å². The van der Waals surface area contributed by atoms with Gasteiger partial charge >= 0.3 is 5.97 Å². The highest BCUT2D eigenvalue weighted by atomic mass is 16.6. The zero-order valence-corrected chi connectivity index (χ0v) is 9.38. The average molecular weight is 224 g/mol. The van der Waals surface area contributed by atoms with Gasteiger partial charge in [0.2, 0.25) is 0 Å². The number of aliphatic hydroxyl groups excluding tert-OH is 1. The molecule has 0 bridgehead atoms. The monoisotopic (exact) mass is 224 g/mol. The van der Waals surface area contributed by atoms with Gasteiger partial charge in [-0.3, -0.25) is 0 Å². The Morgan fingerprint density at radius 2 is 2.00 bits per heavy atom. The molecule has 2 atom stereocenters. The summed E-state index contributed by atoms with van der Waals surface area (Å²) in [4.78, 5) is 11.4. The normalized spacial score (nSPS) is 16.2. The molecule has 88 valence electrons. The summed E-state index contributed by atoms with van der Waals surface area (Å²) in [7, 11) is 0. The standard InChI is InChI=1S/C12H16O4/c1-9(13)12(2,15)11(14)16-8-10-6-4-3-5-7-10/h3-7,9,13,15H,8H2,1-2H3/t9-,12+/m1/s1. The summed E-state index contributed by atoms with van der Waals surface area (Å²) < 4.78 is 4.91. The van der Waals surface area contributed by atoms with Crippen molar-refractivity contribution >= 4 is 5.97 Å². The highest BCUT2D eigenvalue weighted by molar-refractivity contribution is 5.79. The zero-order chi connectivity index (χ0) is 12.2. The van der Waals surface area contributed by atoms with E-state index in [9.17, 15) is 15.0 Å². The Morgan fingerprint density at radius 1 is 1.44 bits per heavy atom. The molecule has 0 heterocycles. The number of carbonyl (C=O) groups excluding carboxylic acids is 1. The maximum atomic E-state index is 11.4. The van der Waals surface area contributed by atoms with Gasteiger partial charge in [-0.2, -0.15) is 0 Å². The van der Waals surface area contributed by atoms with Crippen LogP contribution in [0.5, 0.6) is 0 Å². The predicted octanol–water partition coefficient (Wildman–Crippen LogP) is 0.862. The van der Waals surface area contributed by atoms with E-state index in [1.165, 1.54) is 13.8 Å². The third-order valence-electron chi connectivity index (χ3n) is 2.44. The van der Waals surface area contributed by atoms with E-state index in [0.29, 0.717) is 0 Å². The first-order chi connectivity index (χ1) is 7.44. The number of benzene rings is 1. The SMILES string of the molecule is C[C@@H](O)[C@](C)(O)C(=O)OCc1ccccc1. The van der Waals surface area contributed by atoms with Gasteiger partial charge in [-0.1, -0.05) is 30.3 Å². The van der Waals surface area contributed by atoms with Gasteiger partial charge in [-0.25, -0.2) is 4.79 Å². The van der Waals surface area contributed by atoms with Gasteiger partial charge < -0.3 is 14.9 Å². The summed E-state index contributed by atoms with van der Waals surface area (Å²) in [5.41, 5.74) is -1.04. The smallest absolute Gasteiger partial charge is 0.340 e. The summed E-state index contributed by atoms with van der Waals surface area (Å²) in [6.07, 6.45) is -1.17. The van der Waals surface area contributed by atoms with Crippen molar-refractivity contribution in [3.8, 4) is 0 Å². The minimum atomic E-state index is -1.87. The average Bonchev–Trinajstić information content (AvgIpc) is 2.27. The van der Waals surface area contributed by atoms with E-state index in [2.05, 4.69) is 0 Å². The second-order valence-electron chi connectivity index (χ2n) is 3.89. The quantitative estimate of drug-likeness (QED) is 0.744. The summed E-state index contributed by atoms with van der Waals surface area (Å²) in [6, 6.07) is 9.14. The number of hydrogen-bond acceptors (Lipinski definition) is 4. The molecule has 1 rings (SSSR count). The molecule has 4 nitrogen and oxygen atoms in total. The Labute approximate surface area is 94.5 Å². The molecule has 4 heteroatoms. The first-order valence-corrected chi connectivity index (χ1v) is 5.06. The summed E-state index contributed by atoms with van der Waals surface area (Å²) in [5, 5.41) is 18.8. The molecule has 0 aromatic heterocycles. The number of aliphatic hydroxyl groups is 2. The molecule has 0 saturated heterocycles. The molecule has 0 fully saturated rings. The van der Waals surface area contributed by atoms with Gasteiger partial charge in [0.05, 0.1) is 6.10 Å². The van der Waals surface area contributed by atoms with Crippen LogP contribution in [0.3, 0.4) is 0 Å². The molecule has 0 aliphatic heterocycles. The fourth-order valence-electron chi connectivity index (χ4n) is 1.04. The molecule has 0 saturated carbocycles. The third kappa shape index (κ3) is 3.05. The molecule has 1 aromatic carbocycles. The van der Waals surface area contributed by atoms with Gasteiger partial charge in [-0.05, 0) is 19.4 Å². The van der Waals surface area contributed by atoms with Gasteiger partial charge in [0.1, 0.15) is 6.61 Å². The summed E-state index contributed by atoms with van der Waals surface area (Å²) >= 11 is 0. The lowest BCUT2D eigenvalue weighted by Gasteiger charge is -2.23. The maximum absolute atomic E-state index is 11.4. The maximum Gasteiger partial charge on any atom is 0.340 e. The highest BCUT2D eigenvalue weighted by Gasteiger charge is 2.37. The molecule has 0 aliphatic rings. The van der Waals surface area contributed by atoms with Crippen molar-refractivity contribution < 1.29 is 19.7 Å². The fourth-order valence-corrected chi connectivity index (χ4v) is 1.04. The van der Waals surface area contributed by atoms with Crippen LogP contribution in [0.25, 0.3) is 0 Å². The van der Waals surface area contributed by atoms with Crippen LogP contribution >= 0.6 is 0 Å². The largest absolute Gasteiger partial charge is 0.459 e. The van der Waals surface area contributed by atoms with Crippen molar-refractivity contribution in [2.75, 3.05) is 0 Å². The number of esters is 1. The van der Waals surface area contributed by atoms with Crippen LogP contribution in [-0.4, -0.2) is 27.9 Å². The van der Waals surface area contributed by atoms with Gasteiger partial charge in [0, 0.05) is 0 Å². The van der Waals surface area contributed by atoms with Crippen molar-refractivity contribution in [3.05, 3.63) is 35.9 Å². The Hall–Kier alpha value is -1.39. The van der Waals surface area contributed by atoms with Crippen LogP contribution < -0.4 is 0 Å². The van der Waals surface area contributed by atoms with E-state index < -0.39 is 17.7 Å². The third-order valence-corrected chi connectivity index (χ3v) is 2.44. The predicted molar refractivity (Wildman–Crippen MR) is 58.5 cm³/mol. The first kappa shape index (κ1) is 12.7. The van der Waals surface area contributed by atoms with Gasteiger partial charge in [-0.15, -0.1) is 0 Å².